The van der Waals surface area contributed by atoms with Crippen molar-refractivity contribution in [2.45, 2.75) is 18.9 Å². The van der Waals surface area contributed by atoms with Crippen molar-refractivity contribution in [1.82, 2.24) is 0 Å². The van der Waals surface area contributed by atoms with Gasteiger partial charge >= 0.3 is 0 Å². The molecule has 0 spiro atoms. The number of thiophene rings is 1. The Labute approximate surface area is 225 Å². The van der Waals surface area contributed by atoms with Gasteiger partial charge in [0.15, 0.2) is 11.3 Å². The van der Waals surface area contributed by atoms with Crippen molar-refractivity contribution in [3.05, 3.63) is 70.9 Å². The molecular weight excluding hydrogens is 496 g/mol. The van der Waals surface area contributed by atoms with Crippen LogP contribution in [-0.4, -0.2) is 52.6 Å². The Morgan fingerprint density at radius 1 is 0.868 bits per heavy atom. The van der Waals surface area contributed by atoms with Gasteiger partial charge in [0.1, 0.15) is 5.58 Å². The molecule has 0 radical (unpaired) electrons. The lowest BCUT2D eigenvalue weighted by atomic mass is 9.98. The second-order valence-corrected chi connectivity index (χ2v) is 11.1. The zero-order chi connectivity index (χ0) is 25.6. The fourth-order valence-corrected chi connectivity index (χ4v) is 7.19. The van der Waals surface area contributed by atoms with E-state index in [1.807, 2.05) is 30.6 Å². The third kappa shape index (κ3) is 3.97. The van der Waals surface area contributed by atoms with Gasteiger partial charge in [-0.3, -0.25) is 4.79 Å². The topological polar surface area (TPSA) is 55.2 Å². The molecule has 4 heterocycles. The van der Waals surface area contributed by atoms with E-state index < -0.39 is 0 Å². The molecule has 6 nitrogen and oxygen atoms in total. The van der Waals surface area contributed by atoms with Crippen LogP contribution in [0.1, 0.15) is 12.8 Å². The standard InChI is InChI=1S/C31H30N2O4S/c1-35-20-11-13-32(14-12-20)25-10-9-22(31-29(25)24-5-2-3-8-27(24)38-31)21-6-4-7-23-26(34)19-28(37-30(21)23)33-15-17-36-18-16-33/h2-10,19-20H,11-18H2,1H3. The van der Waals surface area contributed by atoms with Crippen LogP contribution in [0.3, 0.4) is 0 Å². The molecule has 0 atom stereocenters. The summed E-state index contributed by atoms with van der Waals surface area (Å²) in [6, 6.07) is 20.7. The maximum atomic E-state index is 13.2. The second kappa shape index (κ2) is 9.73. The number of piperidine rings is 1. The molecular formula is C31H30N2O4S. The van der Waals surface area contributed by atoms with E-state index in [1.165, 1.54) is 25.9 Å². The first kappa shape index (κ1) is 23.7. The van der Waals surface area contributed by atoms with Gasteiger partial charge in [-0.25, -0.2) is 0 Å². The Morgan fingerprint density at radius 2 is 1.66 bits per heavy atom. The number of benzene rings is 3. The number of para-hydroxylation sites is 1. The minimum absolute atomic E-state index is 0.0141. The first-order valence-electron chi connectivity index (χ1n) is 13.3. The maximum Gasteiger partial charge on any atom is 0.200 e. The predicted octanol–water partition coefficient (Wildman–Crippen LogP) is 6.28. The summed E-state index contributed by atoms with van der Waals surface area (Å²) < 4.78 is 20.1. The summed E-state index contributed by atoms with van der Waals surface area (Å²) in [5, 5.41) is 3.16. The SMILES string of the molecule is COC1CCN(c2ccc(-c3cccc4c(=O)cc(N5CCOCC5)oc34)c3sc4ccccc4c23)CC1. The fourth-order valence-electron chi connectivity index (χ4n) is 5.94. The Bertz CT molecular complexity index is 1690. The Balaban J connectivity index is 1.43. The van der Waals surface area contributed by atoms with Crippen molar-refractivity contribution in [2.24, 2.45) is 0 Å². The van der Waals surface area contributed by atoms with Crippen LogP contribution in [0.15, 0.2) is 69.9 Å². The largest absolute Gasteiger partial charge is 0.440 e. The maximum absolute atomic E-state index is 13.2. The highest BCUT2D eigenvalue weighted by molar-refractivity contribution is 7.26. The van der Waals surface area contributed by atoms with Crippen LogP contribution < -0.4 is 15.2 Å². The lowest BCUT2D eigenvalue weighted by molar-refractivity contribution is 0.0819. The minimum atomic E-state index is -0.0141. The normalized spacial score (nSPS) is 17.2. The number of rotatable bonds is 4. The second-order valence-electron chi connectivity index (χ2n) is 10.1. The van der Waals surface area contributed by atoms with E-state index >= 15 is 0 Å². The van der Waals surface area contributed by atoms with Gasteiger partial charge < -0.3 is 23.7 Å². The molecule has 2 fully saturated rings. The first-order chi connectivity index (χ1) is 18.7. The Kier molecular flexibility index (Phi) is 6.07. The molecule has 0 unspecified atom stereocenters. The van der Waals surface area contributed by atoms with E-state index in [0.717, 1.165) is 37.1 Å². The molecule has 0 aliphatic carbocycles. The number of morpholine rings is 1. The molecule has 7 rings (SSSR count). The number of nitrogens with zero attached hydrogens (tertiary/aromatic N) is 2. The molecule has 2 aliphatic rings. The van der Waals surface area contributed by atoms with Crippen LogP contribution in [-0.2, 0) is 9.47 Å². The number of hydrogen-bond acceptors (Lipinski definition) is 7. The highest BCUT2D eigenvalue weighted by atomic mass is 32.1. The van der Waals surface area contributed by atoms with E-state index in [0.29, 0.717) is 49.3 Å². The summed E-state index contributed by atoms with van der Waals surface area (Å²) >= 11 is 1.81. The Hall–Kier alpha value is -3.39. The van der Waals surface area contributed by atoms with Gasteiger partial charge in [-0.05, 0) is 31.0 Å². The van der Waals surface area contributed by atoms with Crippen LogP contribution in [0.4, 0.5) is 11.6 Å². The molecule has 0 amide bonds. The van der Waals surface area contributed by atoms with Crippen LogP contribution in [0, 0.1) is 0 Å². The highest BCUT2D eigenvalue weighted by Gasteiger charge is 2.24. The van der Waals surface area contributed by atoms with Crippen LogP contribution in [0.2, 0.25) is 0 Å². The summed E-state index contributed by atoms with van der Waals surface area (Å²) in [6.07, 6.45) is 2.39. The first-order valence-corrected chi connectivity index (χ1v) is 14.1. The van der Waals surface area contributed by atoms with Gasteiger partial charge in [0.2, 0.25) is 0 Å². The molecule has 5 aromatic rings. The zero-order valence-electron chi connectivity index (χ0n) is 21.4. The van der Waals surface area contributed by atoms with Crippen molar-refractivity contribution < 1.29 is 13.9 Å². The Morgan fingerprint density at radius 3 is 2.47 bits per heavy atom. The average molecular weight is 527 g/mol. The van der Waals surface area contributed by atoms with E-state index in [2.05, 4.69) is 52.3 Å². The monoisotopic (exact) mass is 526 g/mol. The molecule has 0 saturated carbocycles. The number of anilines is 2. The van der Waals surface area contributed by atoms with Crippen LogP contribution in [0.5, 0.6) is 0 Å². The smallest absolute Gasteiger partial charge is 0.200 e. The van der Waals surface area contributed by atoms with Crippen molar-refractivity contribution in [3.63, 3.8) is 0 Å². The molecule has 3 aromatic carbocycles. The summed E-state index contributed by atoms with van der Waals surface area (Å²) in [5.41, 5.74) is 3.96. The molecule has 2 aliphatic heterocycles. The molecule has 2 saturated heterocycles. The van der Waals surface area contributed by atoms with Gasteiger partial charge in [-0.1, -0.05) is 36.4 Å². The van der Waals surface area contributed by atoms with Gasteiger partial charge in [0.25, 0.3) is 0 Å². The van der Waals surface area contributed by atoms with E-state index in [9.17, 15) is 4.79 Å². The molecule has 0 N–H and O–H groups in total. The lowest BCUT2D eigenvalue weighted by Crippen LogP contribution is -2.36. The van der Waals surface area contributed by atoms with Gasteiger partial charge in [-0.15, -0.1) is 11.3 Å². The molecule has 194 valence electrons. The molecule has 2 aromatic heterocycles. The molecule has 7 heteroatoms. The average Bonchev–Trinajstić information content (AvgIpc) is 3.37. The van der Waals surface area contributed by atoms with E-state index in [4.69, 9.17) is 13.9 Å². The van der Waals surface area contributed by atoms with Gasteiger partial charge in [0.05, 0.1) is 24.7 Å². The predicted molar refractivity (Wildman–Crippen MR) is 156 cm³/mol. The summed E-state index contributed by atoms with van der Waals surface area (Å²) in [5.74, 6) is 0.614. The van der Waals surface area contributed by atoms with Crippen molar-refractivity contribution in [1.29, 1.82) is 0 Å². The van der Waals surface area contributed by atoms with Gasteiger partial charge in [0, 0.05) is 76.3 Å². The summed E-state index contributed by atoms with van der Waals surface area (Å²) in [7, 11) is 1.81. The van der Waals surface area contributed by atoms with Crippen molar-refractivity contribution in [3.8, 4) is 11.1 Å². The van der Waals surface area contributed by atoms with Crippen LogP contribution >= 0.6 is 11.3 Å². The van der Waals surface area contributed by atoms with E-state index in [-0.39, 0.29) is 5.43 Å². The highest BCUT2D eigenvalue weighted by Crippen LogP contribution is 2.46. The van der Waals surface area contributed by atoms with Crippen molar-refractivity contribution >= 4 is 54.0 Å². The third-order valence-electron chi connectivity index (χ3n) is 7.97. The number of fused-ring (bicyclic) bond motifs is 4. The molecule has 0 bridgehead atoms. The minimum Gasteiger partial charge on any atom is -0.440 e. The van der Waals surface area contributed by atoms with Gasteiger partial charge in [-0.2, -0.15) is 0 Å². The van der Waals surface area contributed by atoms with Crippen LogP contribution in [0.25, 0.3) is 42.3 Å². The molecule has 38 heavy (non-hydrogen) atoms. The third-order valence-corrected chi connectivity index (χ3v) is 9.18. The zero-order valence-corrected chi connectivity index (χ0v) is 22.3. The fraction of sp³-hybridized carbons (Fsp3) is 0.323. The summed E-state index contributed by atoms with van der Waals surface area (Å²) in [4.78, 5) is 17.8. The number of ether oxygens (including phenoxy) is 2. The number of hydrogen-bond donors (Lipinski definition) is 0. The summed E-state index contributed by atoms with van der Waals surface area (Å²) in [6.45, 7) is 4.65. The van der Waals surface area contributed by atoms with E-state index in [1.54, 1.807) is 6.07 Å². The number of methoxy groups -OCH3 is 1. The quantitative estimate of drug-likeness (QED) is 0.275. The lowest BCUT2D eigenvalue weighted by Gasteiger charge is -2.33. The van der Waals surface area contributed by atoms with Crippen molar-refractivity contribution in [2.75, 3.05) is 56.3 Å².